The highest BCUT2D eigenvalue weighted by molar-refractivity contribution is 9.09. The summed E-state index contributed by atoms with van der Waals surface area (Å²) in [5, 5.41) is 10.6. The zero-order valence-electron chi connectivity index (χ0n) is 9.82. The number of Topliss-reactive ketones (excluding diaryl/α,β-unsaturated/α-hetero) is 1. The summed E-state index contributed by atoms with van der Waals surface area (Å²) in [6.45, 7) is 0. The summed E-state index contributed by atoms with van der Waals surface area (Å²) in [4.78, 5) is 21.8. The van der Waals surface area contributed by atoms with E-state index in [0.29, 0.717) is 11.1 Å². The molecular formula is C14H10BrNO3. The Bertz CT molecular complexity index is 596. The molecule has 5 heteroatoms. The van der Waals surface area contributed by atoms with Gasteiger partial charge in [0.1, 0.15) is 4.83 Å². The molecule has 0 aromatic heterocycles. The third-order valence-electron chi connectivity index (χ3n) is 2.69. The number of hydrogen-bond acceptors (Lipinski definition) is 3. The van der Waals surface area contributed by atoms with E-state index < -0.39 is 9.75 Å². The highest BCUT2D eigenvalue weighted by Crippen LogP contribution is 2.28. The van der Waals surface area contributed by atoms with Crippen molar-refractivity contribution in [2.75, 3.05) is 0 Å². The summed E-state index contributed by atoms with van der Waals surface area (Å²) in [6, 6.07) is 14.8. The van der Waals surface area contributed by atoms with Crippen LogP contribution in [-0.4, -0.2) is 10.7 Å². The molecule has 2 aromatic carbocycles. The molecule has 4 nitrogen and oxygen atoms in total. The van der Waals surface area contributed by atoms with Gasteiger partial charge in [0.2, 0.25) is 0 Å². The monoisotopic (exact) mass is 319 g/mol. The average Bonchev–Trinajstić information content (AvgIpc) is 2.46. The van der Waals surface area contributed by atoms with E-state index >= 15 is 0 Å². The molecule has 96 valence electrons. The number of ketones is 1. The number of nitrogens with zero attached hydrogens (tertiary/aromatic N) is 1. The molecule has 2 rings (SSSR count). The summed E-state index contributed by atoms with van der Waals surface area (Å²) in [6.07, 6.45) is 0. The molecule has 0 aliphatic heterocycles. The largest absolute Gasteiger partial charge is 0.293 e. The number of carbonyl (C=O) groups is 1. The zero-order valence-corrected chi connectivity index (χ0v) is 11.4. The van der Waals surface area contributed by atoms with Gasteiger partial charge in [0.25, 0.3) is 5.69 Å². The first-order valence-electron chi connectivity index (χ1n) is 5.57. The zero-order chi connectivity index (χ0) is 13.8. The quantitative estimate of drug-likeness (QED) is 0.371. The molecule has 0 saturated carbocycles. The Hall–Kier alpha value is -2.01. The van der Waals surface area contributed by atoms with Crippen LogP contribution in [-0.2, 0) is 0 Å². The van der Waals surface area contributed by atoms with E-state index in [1.165, 1.54) is 12.1 Å². The number of halogens is 1. The molecule has 0 N–H and O–H groups in total. The van der Waals surface area contributed by atoms with Crippen LogP contribution in [0.15, 0.2) is 54.6 Å². The minimum atomic E-state index is -0.504. The van der Waals surface area contributed by atoms with Gasteiger partial charge in [-0.15, -0.1) is 0 Å². The summed E-state index contributed by atoms with van der Waals surface area (Å²) >= 11 is 3.33. The molecule has 1 atom stereocenters. The number of carbonyl (C=O) groups excluding carboxylic acids is 1. The van der Waals surface area contributed by atoms with Gasteiger partial charge in [-0.2, -0.15) is 0 Å². The molecule has 0 amide bonds. The Morgan fingerprint density at radius 2 is 1.63 bits per heavy atom. The lowest BCUT2D eigenvalue weighted by molar-refractivity contribution is -0.384. The van der Waals surface area contributed by atoms with Crippen molar-refractivity contribution in [2.45, 2.75) is 4.83 Å². The van der Waals surface area contributed by atoms with Crippen molar-refractivity contribution in [3.8, 4) is 0 Å². The van der Waals surface area contributed by atoms with Crippen LogP contribution in [0.4, 0.5) is 5.69 Å². The van der Waals surface area contributed by atoms with E-state index in [1.807, 2.05) is 6.07 Å². The van der Waals surface area contributed by atoms with E-state index in [-0.39, 0.29) is 11.5 Å². The first-order chi connectivity index (χ1) is 9.09. The van der Waals surface area contributed by atoms with E-state index in [1.54, 1.807) is 36.4 Å². The number of nitro groups is 1. The first-order valence-corrected chi connectivity index (χ1v) is 6.49. The highest BCUT2D eigenvalue weighted by Gasteiger charge is 2.19. The lowest BCUT2D eigenvalue weighted by Crippen LogP contribution is -2.06. The van der Waals surface area contributed by atoms with Crippen molar-refractivity contribution in [3.63, 3.8) is 0 Å². The second-order valence-corrected chi connectivity index (χ2v) is 4.86. The fourth-order valence-corrected chi connectivity index (χ4v) is 2.23. The molecule has 0 radical (unpaired) electrons. The maximum absolute atomic E-state index is 12.2. The lowest BCUT2D eigenvalue weighted by atomic mass is 10.0. The number of hydrogen-bond donors (Lipinski definition) is 0. The molecule has 0 spiro atoms. The number of alkyl halides is 1. The maximum Gasteiger partial charge on any atom is 0.269 e. The van der Waals surface area contributed by atoms with Gasteiger partial charge in [-0.1, -0.05) is 58.4 Å². The van der Waals surface area contributed by atoms with Crippen molar-refractivity contribution in [2.24, 2.45) is 0 Å². The van der Waals surface area contributed by atoms with Crippen LogP contribution < -0.4 is 0 Å². The normalized spacial score (nSPS) is 11.8. The minimum Gasteiger partial charge on any atom is -0.293 e. The Kier molecular flexibility index (Phi) is 4.06. The number of rotatable bonds is 4. The SMILES string of the molecule is O=C(c1ccccc1)C(Br)c1ccc([N+](=O)[O-])cc1. The van der Waals surface area contributed by atoms with Crippen LogP contribution in [0.1, 0.15) is 20.7 Å². The smallest absolute Gasteiger partial charge is 0.269 e. The maximum atomic E-state index is 12.2. The molecule has 0 saturated heterocycles. The molecule has 2 aromatic rings. The Morgan fingerprint density at radius 3 is 2.16 bits per heavy atom. The fourth-order valence-electron chi connectivity index (χ4n) is 1.67. The lowest BCUT2D eigenvalue weighted by Gasteiger charge is -2.09. The molecule has 0 aliphatic rings. The van der Waals surface area contributed by atoms with Gasteiger partial charge in [-0.25, -0.2) is 0 Å². The third kappa shape index (κ3) is 3.06. The number of benzene rings is 2. The van der Waals surface area contributed by atoms with Crippen LogP contribution in [0.3, 0.4) is 0 Å². The van der Waals surface area contributed by atoms with E-state index in [0.717, 1.165) is 0 Å². The summed E-state index contributed by atoms with van der Waals surface area (Å²) < 4.78 is 0. The van der Waals surface area contributed by atoms with E-state index in [4.69, 9.17) is 0 Å². The number of nitro benzene ring substituents is 1. The van der Waals surface area contributed by atoms with Gasteiger partial charge in [-0.05, 0) is 5.56 Å². The van der Waals surface area contributed by atoms with Gasteiger partial charge < -0.3 is 0 Å². The summed E-state index contributed by atoms with van der Waals surface area (Å²) in [5.41, 5.74) is 1.30. The van der Waals surface area contributed by atoms with Crippen molar-refractivity contribution < 1.29 is 9.72 Å². The Balaban J connectivity index is 2.22. The fraction of sp³-hybridized carbons (Fsp3) is 0.0714. The molecule has 0 heterocycles. The Labute approximate surface area is 118 Å². The Morgan fingerprint density at radius 1 is 1.05 bits per heavy atom. The highest BCUT2D eigenvalue weighted by atomic mass is 79.9. The second kappa shape index (κ2) is 5.75. The van der Waals surface area contributed by atoms with Gasteiger partial charge in [0, 0.05) is 17.7 Å². The van der Waals surface area contributed by atoms with Crippen LogP contribution in [0.2, 0.25) is 0 Å². The van der Waals surface area contributed by atoms with Gasteiger partial charge in [-0.3, -0.25) is 14.9 Å². The third-order valence-corrected chi connectivity index (χ3v) is 3.63. The van der Waals surface area contributed by atoms with E-state index in [2.05, 4.69) is 15.9 Å². The predicted molar refractivity (Wildman–Crippen MR) is 75.5 cm³/mol. The second-order valence-electron chi connectivity index (χ2n) is 3.94. The van der Waals surface area contributed by atoms with Crippen LogP contribution in [0.25, 0.3) is 0 Å². The van der Waals surface area contributed by atoms with Crippen molar-refractivity contribution in [3.05, 3.63) is 75.8 Å². The average molecular weight is 320 g/mol. The van der Waals surface area contributed by atoms with Crippen molar-refractivity contribution >= 4 is 27.4 Å². The molecule has 1 unspecified atom stereocenters. The van der Waals surface area contributed by atoms with E-state index in [9.17, 15) is 14.9 Å². The van der Waals surface area contributed by atoms with Crippen molar-refractivity contribution in [1.29, 1.82) is 0 Å². The van der Waals surface area contributed by atoms with Gasteiger partial charge in [0.15, 0.2) is 5.78 Å². The van der Waals surface area contributed by atoms with Gasteiger partial charge in [0.05, 0.1) is 4.92 Å². The molecule has 19 heavy (non-hydrogen) atoms. The van der Waals surface area contributed by atoms with Crippen LogP contribution in [0, 0.1) is 10.1 Å². The van der Waals surface area contributed by atoms with Crippen LogP contribution in [0.5, 0.6) is 0 Å². The molecular weight excluding hydrogens is 310 g/mol. The standard InChI is InChI=1S/C14H10BrNO3/c15-13(14(17)11-4-2-1-3-5-11)10-6-8-12(9-7-10)16(18)19/h1-9,13H. The topological polar surface area (TPSA) is 60.2 Å². The van der Waals surface area contributed by atoms with Crippen molar-refractivity contribution in [1.82, 2.24) is 0 Å². The van der Waals surface area contributed by atoms with Gasteiger partial charge >= 0.3 is 0 Å². The summed E-state index contributed by atoms with van der Waals surface area (Å²) in [5.74, 6) is -0.0746. The predicted octanol–water partition coefficient (Wildman–Crippen LogP) is 3.91. The first kappa shape index (κ1) is 13.4. The molecule has 0 aliphatic carbocycles. The number of non-ortho nitro benzene ring substituents is 1. The summed E-state index contributed by atoms with van der Waals surface area (Å²) in [7, 11) is 0. The molecule has 0 bridgehead atoms. The molecule has 0 fully saturated rings. The minimum absolute atomic E-state index is 0.00982. The van der Waals surface area contributed by atoms with Crippen LogP contribution >= 0.6 is 15.9 Å².